The normalized spacial score (nSPS) is 16.3. The van der Waals surface area contributed by atoms with Crippen LogP contribution in [0.1, 0.15) is 28.5 Å². The Morgan fingerprint density at radius 3 is 2.56 bits per heavy atom. The maximum Gasteiger partial charge on any atom is 0.418 e. The van der Waals surface area contributed by atoms with Gasteiger partial charge in [0.15, 0.2) is 0 Å². The van der Waals surface area contributed by atoms with Crippen molar-refractivity contribution >= 4 is 29.0 Å². The summed E-state index contributed by atoms with van der Waals surface area (Å²) in [4.78, 5) is 34.7. The second-order valence-electron chi connectivity index (χ2n) is 9.96. The summed E-state index contributed by atoms with van der Waals surface area (Å²) in [6.45, 7) is 2.92. The SMILES string of the molecule is C[C@H]1COCCN1c1cc(F)c(C(=O)N[C@@H](Cc2ccc(-c3nc(N)ccc3C(F)(F)F)c3nccn23)C(=O)O)c(F)c1. The van der Waals surface area contributed by atoms with Gasteiger partial charge in [-0.15, -0.1) is 0 Å². The molecule has 43 heavy (non-hydrogen) atoms. The maximum atomic E-state index is 15.0. The molecule has 1 saturated heterocycles. The molecule has 1 fully saturated rings. The predicted octanol–water partition coefficient (Wildman–Crippen LogP) is 3.93. The highest BCUT2D eigenvalue weighted by Gasteiger charge is 2.35. The number of ether oxygens (including phenoxy) is 1. The number of carboxylic acid groups (broad SMARTS) is 1. The molecule has 2 atom stereocenters. The Balaban J connectivity index is 1.43. The Morgan fingerprint density at radius 1 is 1.19 bits per heavy atom. The van der Waals surface area contributed by atoms with E-state index < -0.39 is 59.0 Å². The molecule has 1 aliphatic rings. The van der Waals surface area contributed by atoms with Crippen molar-refractivity contribution in [2.45, 2.75) is 31.6 Å². The number of nitrogens with one attached hydrogen (secondary N) is 1. The van der Waals surface area contributed by atoms with Crippen LogP contribution in [-0.4, -0.2) is 63.2 Å². The van der Waals surface area contributed by atoms with Gasteiger partial charge in [0.05, 0.1) is 24.5 Å². The number of rotatable bonds is 7. The van der Waals surface area contributed by atoms with E-state index in [-0.39, 0.29) is 34.5 Å². The summed E-state index contributed by atoms with van der Waals surface area (Å²) in [6.07, 6.45) is -2.48. The number of pyridine rings is 2. The third kappa shape index (κ3) is 5.93. The van der Waals surface area contributed by atoms with Gasteiger partial charge in [0.25, 0.3) is 5.91 Å². The first kappa shape index (κ1) is 29.7. The molecule has 0 radical (unpaired) electrons. The number of hydrogen-bond donors (Lipinski definition) is 3. The molecule has 0 saturated carbocycles. The Hall–Kier alpha value is -4.79. The summed E-state index contributed by atoms with van der Waals surface area (Å²) >= 11 is 0. The van der Waals surface area contributed by atoms with Gasteiger partial charge in [-0.05, 0) is 43.3 Å². The van der Waals surface area contributed by atoms with Crippen LogP contribution < -0.4 is 16.0 Å². The Morgan fingerprint density at radius 2 is 1.91 bits per heavy atom. The number of carboxylic acids is 1. The number of hydrogen-bond acceptors (Lipinski definition) is 7. The minimum Gasteiger partial charge on any atom is -0.480 e. The molecule has 10 nitrogen and oxygen atoms in total. The molecule has 4 N–H and O–H groups in total. The molecular formula is C28H25F5N6O4. The molecule has 5 rings (SSSR count). The van der Waals surface area contributed by atoms with Crippen LogP contribution in [0.15, 0.2) is 48.8 Å². The molecule has 0 unspecified atom stereocenters. The van der Waals surface area contributed by atoms with Crippen molar-refractivity contribution in [1.82, 2.24) is 19.7 Å². The summed E-state index contributed by atoms with van der Waals surface area (Å²) < 4.78 is 77.9. The van der Waals surface area contributed by atoms with Gasteiger partial charge in [-0.3, -0.25) is 4.79 Å². The number of aliphatic carboxylic acids is 1. The molecule has 4 heterocycles. The monoisotopic (exact) mass is 604 g/mol. The minimum absolute atomic E-state index is 0.0154. The summed E-state index contributed by atoms with van der Waals surface area (Å²) in [5, 5.41) is 12.0. The molecule has 0 spiro atoms. The third-order valence-corrected chi connectivity index (χ3v) is 7.08. The number of carbonyl (C=O) groups excluding carboxylic acids is 1. The summed E-state index contributed by atoms with van der Waals surface area (Å²) in [5.74, 6) is -5.31. The molecule has 0 bridgehead atoms. The van der Waals surface area contributed by atoms with E-state index in [1.807, 2.05) is 6.92 Å². The van der Waals surface area contributed by atoms with Crippen molar-refractivity contribution in [3.8, 4) is 11.3 Å². The van der Waals surface area contributed by atoms with Gasteiger partial charge in [0.2, 0.25) is 0 Å². The standard InChI is InChI=1S/C28H25F5N6O4/c1-14-13-43-9-8-38(14)16-10-19(29)23(20(30)11-16)26(40)36-21(27(41)42)12-15-2-3-17(25-35-6-7-39(15)25)24-18(28(31,32)33)4-5-22(34)37-24/h2-7,10-11,14,21H,8-9,12-13H2,1H3,(H2,34,37)(H,36,40)(H,41,42)/t14-,21-/m0/s1. The average Bonchev–Trinajstić information content (AvgIpc) is 3.42. The predicted molar refractivity (Wildman–Crippen MR) is 144 cm³/mol. The third-order valence-electron chi connectivity index (χ3n) is 7.08. The number of halogens is 5. The zero-order valence-corrected chi connectivity index (χ0v) is 22.5. The zero-order valence-electron chi connectivity index (χ0n) is 22.5. The van der Waals surface area contributed by atoms with Gasteiger partial charge >= 0.3 is 12.1 Å². The lowest BCUT2D eigenvalue weighted by Gasteiger charge is -2.35. The first-order valence-corrected chi connectivity index (χ1v) is 13.0. The number of nitrogens with zero attached hydrogens (tertiary/aromatic N) is 4. The van der Waals surface area contributed by atoms with E-state index in [1.54, 1.807) is 4.90 Å². The fourth-order valence-electron chi connectivity index (χ4n) is 5.02. The van der Waals surface area contributed by atoms with Gasteiger partial charge in [0.1, 0.15) is 34.7 Å². The van der Waals surface area contributed by atoms with E-state index in [4.69, 9.17) is 10.5 Å². The van der Waals surface area contributed by atoms with E-state index in [1.165, 1.54) is 28.9 Å². The van der Waals surface area contributed by atoms with E-state index in [0.717, 1.165) is 24.3 Å². The average molecular weight is 605 g/mol. The molecule has 3 aromatic heterocycles. The highest BCUT2D eigenvalue weighted by Crippen LogP contribution is 2.38. The highest BCUT2D eigenvalue weighted by molar-refractivity contribution is 5.97. The summed E-state index contributed by atoms with van der Waals surface area (Å²) in [6, 6.07) is 4.62. The van der Waals surface area contributed by atoms with Gasteiger partial charge in [-0.1, -0.05) is 0 Å². The second kappa shape index (κ2) is 11.5. The first-order chi connectivity index (χ1) is 20.3. The summed E-state index contributed by atoms with van der Waals surface area (Å²) in [7, 11) is 0. The van der Waals surface area contributed by atoms with E-state index in [2.05, 4.69) is 15.3 Å². The lowest BCUT2D eigenvalue weighted by Crippen LogP contribution is -2.44. The Bertz CT molecular complexity index is 1690. The number of alkyl halides is 3. The molecule has 0 aliphatic carbocycles. The number of amides is 1. The van der Waals surface area contributed by atoms with Crippen molar-refractivity contribution in [1.29, 1.82) is 0 Å². The van der Waals surface area contributed by atoms with Crippen LogP contribution in [0.4, 0.5) is 33.5 Å². The number of fused-ring (bicyclic) bond motifs is 1. The number of nitrogen functional groups attached to an aromatic ring is 1. The van der Waals surface area contributed by atoms with Crippen LogP contribution in [0, 0.1) is 11.6 Å². The second-order valence-corrected chi connectivity index (χ2v) is 9.96. The van der Waals surface area contributed by atoms with Crippen LogP contribution in [0.3, 0.4) is 0 Å². The highest BCUT2D eigenvalue weighted by atomic mass is 19.4. The molecule has 226 valence electrons. The summed E-state index contributed by atoms with van der Waals surface area (Å²) in [5.41, 5.74) is 3.60. The number of benzene rings is 1. The van der Waals surface area contributed by atoms with Gasteiger partial charge in [-0.25, -0.2) is 23.5 Å². The molecule has 1 aromatic carbocycles. The van der Waals surface area contributed by atoms with Crippen LogP contribution in [0.25, 0.3) is 16.9 Å². The lowest BCUT2D eigenvalue weighted by molar-refractivity contribution is -0.139. The lowest BCUT2D eigenvalue weighted by atomic mass is 10.0. The smallest absolute Gasteiger partial charge is 0.418 e. The van der Waals surface area contributed by atoms with Crippen molar-refractivity contribution in [3.63, 3.8) is 0 Å². The maximum absolute atomic E-state index is 15.0. The van der Waals surface area contributed by atoms with E-state index in [9.17, 15) is 27.9 Å². The number of aromatic nitrogens is 3. The van der Waals surface area contributed by atoms with E-state index >= 15 is 8.78 Å². The Labute approximate surface area is 240 Å². The minimum atomic E-state index is -4.75. The van der Waals surface area contributed by atoms with Crippen molar-refractivity contribution in [2.24, 2.45) is 0 Å². The first-order valence-electron chi connectivity index (χ1n) is 13.0. The number of anilines is 2. The Kier molecular flexibility index (Phi) is 7.92. The molecule has 15 heteroatoms. The number of nitrogens with two attached hydrogens (primary N) is 1. The largest absolute Gasteiger partial charge is 0.480 e. The number of carbonyl (C=O) groups is 2. The number of morpholine rings is 1. The zero-order chi connectivity index (χ0) is 31.1. The van der Waals surface area contributed by atoms with Crippen molar-refractivity contribution < 1.29 is 41.4 Å². The molecular weight excluding hydrogens is 579 g/mol. The molecule has 4 aromatic rings. The van der Waals surface area contributed by atoms with Gasteiger partial charge in [0, 0.05) is 48.3 Å². The quantitative estimate of drug-likeness (QED) is 0.270. The van der Waals surface area contributed by atoms with Crippen molar-refractivity contribution in [2.75, 3.05) is 30.4 Å². The van der Waals surface area contributed by atoms with Gasteiger partial charge in [-0.2, -0.15) is 13.2 Å². The number of imidazole rings is 1. The van der Waals surface area contributed by atoms with Gasteiger partial charge < -0.3 is 30.2 Å². The molecule has 1 aliphatic heterocycles. The fourth-order valence-corrected chi connectivity index (χ4v) is 5.02. The van der Waals surface area contributed by atoms with Crippen molar-refractivity contribution in [3.05, 3.63) is 77.2 Å². The topological polar surface area (TPSA) is 135 Å². The fraction of sp³-hybridized carbons (Fsp3) is 0.286. The molecule has 1 amide bonds. The van der Waals surface area contributed by atoms with Crippen LogP contribution in [0.2, 0.25) is 0 Å². The van der Waals surface area contributed by atoms with Crippen LogP contribution in [-0.2, 0) is 22.1 Å². The van der Waals surface area contributed by atoms with Crippen LogP contribution >= 0.6 is 0 Å². The van der Waals surface area contributed by atoms with E-state index in [0.29, 0.717) is 19.8 Å². The van der Waals surface area contributed by atoms with Crippen LogP contribution in [0.5, 0.6) is 0 Å².